The number of hydrogen-bond acceptors (Lipinski definition) is 5. The van der Waals surface area contributed by atoms with Gasteiger partial charge in [0.2, 0.25) is 0 Å². The molecule has 1 N–H and O–H groups in total. The summed E-state index contributed by atoms with van der Waals surface area (Å²) in [6.45, 7) is 2.86. The Kier molecular flexibility index (Phi) is 5.69. The largest absolute Gasteiger partial charge is 0.459 e. The van der Waals surface area contributed by atoms with Gasteiger partial charge in [0.05, 0.1) is 11.7 Å². The molecule has 2 atom stereocenters. The third-order valence-corrected chi connectivity index (χ3v) is 6.10. The van der Waals surface area contributed by atoms with Crippen molar-refractivity contribution in [2.75, 3.05) is 13.2 Å². The van der Waals surface area contributed by atoms with E-state index < -0.39 is 5.92 Å². The van der Waals surface area contributed by atoms with E-state index in [1.807, 2.05) is 31.2 Å². The second-order valence-electron chi connectivity index (χ2n) is 7.55. The SMILES string of the molecule is CC1=C(C(=O)OCC2CCCO2)C(c2cccc(Br)c2)C2=C(CCCC2=O)N1. The Morgan fingerprint density at radius 3 is 2.93 bits per heavy atom. The summed E-state index contributed by atoms with van der Waals surface area (Å²) < 4.78 is 12.1. The molecular formula is C22H24BrNO4. The number of esters is 1. The number of carbonyl (C=O) groups is 2. The molecule has 1 saturated heterocycles. The molecule has 4 rings (SSSR count). The first-order valence-corrected chi connectivity index (χ1v) is 10.6. The molecule has 0 aromatic heterocycles. The van der Waals surface area contributed by atoms with Crippen LogP contribution in [0.25, 0.3) is 0 Å². The molecule has 1 aromatic rings. The summed E-state index contributed by atoms with van der Waals surface area (Å²) in [6.07, 6.45) is 4.05. The Balaban J connectivity index is 1.69. The van der Waals surface area contributed by atoms with E-state index in [4.69, 9.17) is 9.47 Å². The van der Waals surface area contributed by atoms with Crippen LogP contribution in [-0.4, -0.2) is 31.1 Å². The molecule has 1 fully saturated rings. The number of dihydropyridines is 1. The zero-order chi connectivity index (χ0) is 19.7. The van der Waals surface area contributed by atoms with Crippen LogP contribution in [0.5, 0.6) is 0 Å². The molecule has 2 heterocycles. The van der Waals surface area contributed by atoms with E-state index >= 15 is 0 Å². The first-order chi connectivity index (χ1) is 13.5. The quantitative estimate of drug-likeness (QED) is 0.705. The lowest BCUT2D eigenvalue weighted by molar-refractivity contribution is -0.142. The highest BCUT2D eigenvalue weighted by Gasteiger charge is 2.39. The summed E-state index contributed by atoms with van der Waals surface area (Å²) in [5.74, 6) is -0.676. The molecule has 2 unspecified atom stereocenters. The van der Waals surface area contributed by atoms with Gasteiger partial charge in [-0.15, -0.1) is 0 Å². The summed E-state index contributed by atoms with van der Waals surface area (Å²) in [7, 11) is 0. The van der Waals surface area contributed by atoms with Gasteiger partial charge in [0.15, 0.2) is 5.78 Å². The topological polar surface area (TPSA) is 64.6 Å². The number of Topliss-reactive ketones (excluding diaryl/α,β-unsaturated/α-hetero) is 1. The summed E-state index contributed by atoms with van der Waals surface area (Å²) in [4.78, 5) is 25.9. The van der Waals surface area contributed by atoms with E-state index in [0.29, 0.717) is 17.6 Å². The zero-order valence-corrected chi connectivity index (χ0v) is 17.5. The molecule has 0 spiro atoms. The van der Waals surface area contributed by atoms with Crippen LogP contribution >= 0.6 is 15.9 Å². The van der Waals surface area contributed by atoms with Gasteiger partial charge in [-0.1, -0.05) is 28.1 Å². The number of carbonyl (C=O) groups excluding carboxylic acids is 2. The Labute approximate surface area is 173 Å². The Hall–Kier alpha value is -1.92. The molecule has 28 heavy (non-hydrogen) atoms. The maximum atomic E-state index is 13.1. The van der Waals surface area contributed by atoms with Crippen molar-refractivity contribution in [3.63, 3.8) is 0 Å². The minimum Gasteiger partial charge on any atom is -0.459 e. The zero-order valence-electron chi connectivity index (χ0n) is 15.9. The van der Waals surface area contributed by atoms with Gasteiger partial charge in [-0.2, -0.15) is 0 Å². The first-order valence-electron chi connectivity index (χ1n) is 9.83. The number of ether oxygens (including phenoxy) is 2. The molecule has 6 heteroatoms. The minimum absolute atomic E-state index is 0.0307. The molecule has 0 bridgehead atoms. The highest BCUT2D eigenvalue weighted by molar-refractivity contribution is 9.10. The first kappa shape index (κ1) is 19.4. The van der Waals surface area contributed by atoms with Crippen molar-refractivity contribution in [3.05, 3.63) is 56.8 Å². The Morgan fingerprint density at radius 2 is 2.18 bits per heavy atom. The molecule has 0 saturated carbocycles. The number of allylic oxidation sites excluding steroid dienone is 3. The van der Waals surface area contributed by atoms with Gasteiger partial charge in [-0.25, -0.2) is 4.79 Å². The normalized spacial score (nSPS) is 24.9. The lowest BCUT2D eigenvalue weighted by Crippen LogP contribution is -2.35. The number of ketones is 1. The Morgan fingerprint density at radius 1 is 1.32 bits per heavy atom. The van der Waals surface area contributed by atoms with Crippen molar-refractivity contribution in [2.24, 2.45) is 0 Å². The molecule has 0 radical (unpaired) electrons. The number of halogens is 1. The fraction of sp³-hybridized carbons (Fsp3) is 0.455. The van der Waals surface area contributed by atoms with Gasteiger partial charge in [-0.3, -0.25) is 4.79 Å². The van der Waals surface area contributed by atoms with Crippen LogP contribution in [0.3, 0.4) is 0 Å². The monoisotopic (exact) mass is 445 g/mol. The van der Waals surface area contributed by atoms with Crippen molar-refractivity contribution in [3.8, 4) is 0 Å². The number of hydrogen-bond donors (Lipinski definition) is 1. The van der Waals surface area contributed by atoms with Gasteiger partial charge in [0, 0.05) is 40.4 Å². The second-order valence-corrected chi connectivity index (χ2v) is 8.47. The average molecular weight is 446 g/mol. The van der Waals surface area contributed by atoms with Crippen LogP contribution in [0.4, 0.5) is 0 Å². The fourth-order valence-electron chi connectivity index (χ4n) is 4.30. The maximum Gasteiger partial charge on any atom is 0.336 e. The number of benzene rings is 1. The molecule has 3 aliphatic rings. The van der Waals surface area contributed by atoms with Crippen LogP contribution in [-0.2, 0) is 19.1 Å². The van der Waals surface area contributed by atoms with Crippen LogP contribution in [0.15, 0.2) is 51.3 Å². The van der Waals surface area contributed by atoms with Crippen molar-refractivity contribution in [1.82, 2.24) is 5.32 Å². The fourth-order valence-corrected chi connectivity index (χ4v) is 4.71. The molecular weight excluding hydrogens is 422 g/mol. The number of rotatable bonds is 4. The van der Waals surface area contributed by atoms with Crippen LogP contribution in [0, 0.1) is 0 Å². The number of nitrogens with one attached hydrogen (secondary N) is 1. The summed E-state index contributed by atoms with van der Waals surface area (Å²) in [5.41, 5.74) is 3.84. The lowest BCUT2D eigenvalue weighted by Gasteiger charge is -2.34. The van der Waals surface area contributed by atoms with Crippen molar-refractivity contribution in [2.45, 2.75) is 51.0 Å². The third-order valence-electron chi connectivity index (χ3n) is 5.60. The van der Waals surface area contributed by atoms with Crippen LogP contribution in [0.1, 0.15) is 50.5 Å². The third kappa shape index (κ3) is 3.80. The van der Waals surface area contributed by atoms with Crippen molar-refractivity contribution >= 4 is 27.7 Å². The van der Waals surface area contributed by atoms with E-state index in [2.05, 4.69) is 21.2 Å². The predicted molar refractivity (Wildman–Crippen MR) is 109 cm³/mol. The van der Waals surface area contributed by atoms with Gasteiger partial charge < -0.3 is 14.8 Å². The highest BCUT2D eigenvalue weighted by Crippen LogP contribution is 2.43. The highest BCUT2D eigenvalue weighted by atomic mass is 79.9. The molecule has 1 aromatic carbocycles. The van der Waals surface area contributed by atoms with Gasteiger partial charge in [-0.05, 0) is 50.3 Å². The lowest BCUT2D eigenvalue weighted by atomic mass is 9.75. The van der Waals surface area contributed by atoms with E-state index in [-0.39, 0.29) is 24.5 Å². The molecule has 2 aliphatic heterocycles. The molecule has 5 nitrogen and oxygen atoms in total. The van der Waals surface area contributed by atoms with Crippen molar-refractivity contribution < 1.29 is 19.1 Å². The summed E-state index contributed by atoms with van der Waals surface area (Å²) in [6, 6.07) is 7.81. The van der Waals surface area contributed by atoms with E-state index in [0.717, 1.165) is 53.7 Å². The molecule has 1 aliphatic carbocycles. The minimum atomic E-state index is -0.404. The summed E-state index contributed by atoms with van der Waals surface area (Å²) >= 11 is 3.51. The second kappa shape index (κ2) is 8.21. The smallest absolute Gasteiger partial charge is 0.336 e. The summed E-state index contributed by atoms with van der Waals surface area (Å²) in [5, 5.41) is 3.32. The van der Waals surface area contributed by atoms with E-state index in [9.17, 15) is 9.59 Å². The van der Waals surface area contributed by atoms with Gasteiger partial charge >= 0.3 is 5.97 Å². The van der Waals surface area contributed by atoms with E-state index in [1.165, 1.54) is 0 Å². The van der Waals surface area contributed by atoms with Gasteiger partial charge in [0.1, 0.15) is 6.61 Å². The molecule has 0 amide bonds. The van der Waals surface area contributed by atoms with Gasteiger partial charge in [0.25, 0.3) is 0 Å². The van der Waals surface area contributed by atoms with Crippen LogP contribution < -0.4 is 5.32 Å². The van der Waals surface area contributed by atoms with Crippen LogP contribution in [0.2, 0.25) is 0 Å². The standard InChI is InChI=1S/C22H24BrNO4/c1-13-19(22(26)28-12-16-7-4-10-27-16)20(14-5-2-6-15(23)11-14)21-17(24-13)8-3-9-18(21)25/h2,5-6,11,16,20,24H,3-4,7-10,12H2,1H3. The van der Waals surface area contributed by atoms with Crippen molar-refractivity contribution in [1.29, 1.82) is 0 Å². The average Bonchev–Trinajstić information content (AvgIpc) is 3.19. The molecule has 148 valence electrons. The maximum absolute atomic E-state index is 13.1. The Bertz CT molecular complexity index is 867. The predicted octanol–water partition coefficient (Wildman–Crippen LogP) is 4.14. The van der Waals surface area contributed by atoms with E-state index in [1.54, 1.807) is 0 Å².